The highest BCUT2D eigenvalue weighted by Gasteiger charge is 2.48. The number of aromatic nitrogens is 3. The van der Waals surface area contributed by atoms with Crippen LogP contribution in [0.2, 0.25) is 0 Å². The number of β-amino-alcohol motifs (C(OH)–C–C–N with tert-alkyl or cyclic N) is 1. The fourth-order valence-corrected chi connectivity index (χ4v) is 8.12. The van der Waals surface area contributed by atoms with Crippen molar-refractivity contribution in [1.82, 2.24) is 24.8 Å². The van der Waals surface area contributed by atoms with Crippen molar-refractivity contribution in [2.75, 3.05) is 44.2 Å². The number of terminal acetylenes is 1. The number of phenolic OH excluding ortho intramolecular Hbond substituents is 1. The number of aromatic hydroxyl groups is 1. The molecule has 5 heterocycles. The molecule has 2 bridgehead atoms. The van der Waals surface area contributed by atoms with Crippen LogP contribution in [-0.4, -0.2) is 110 Å². The van der Waals surface area contributed by atoms with Gasteiger partial charge in [0.25, 0.3) is 0 Å². The van der Waals surface area contributed by atoms with Gasteiger partial charge in [-0.25, -0.2) is 18.0 Å². The van der Waals surface area contributed by atoms with Crippen LogP contribution in [0.25, 0.3) is 32.9 Å². The average Bonchev–Trinajstić information content (AvgIpc) is 3.71. The molecule has 4 unspecified atom stereocenters. The molecule has 4 atom stereocenters. The van der Waals surface area contributed by atoms with Crippen molar-refractivity contribution in [2.24, 2.45) is 5.41 Å². The Hall–Kier alpha value is -4.87. The quantitative estimate of drug-likeness (QED) is 0.233. The summed E-state index contributed by atoms with van der Waals surface area (Å²) in [4.78, 5) is 32.8. The molecule has 278 valence electrons. The van der Waals surface area contributed by atoms with Crippen LogP contribution in [0.4, 0.5) is 23.8 Å². The number of alkyl halides is 1. The number of hydrogen-bond acceptors (Lipinski definition) is 10. The number of carbonyl (C=O) groups excluding carboxylic acids is 1. The molecule has 4 aromatic rings. The predicted molar refractivity (Wildman–Crippen MR) is 191 cm³/mol. The van der Waals surface area contributed by atoms with Crippen molar-refractivity contribution in [2.45, 2.75) is 76.4 Å². The van der Waals surface area contributed by atoms with Gasteiger partial charge in [-0.15, -0.1) is 6.42 Å². The van der Waals surface area contributed by atoms with Crippen LogP contribution in [-0.2, 0) is 4.74 Å². The van der Waals surface area contributed by atoms with Crippen LogP contribution < -0.4 is 9.64 Å². The molecule has 1 amide bonds. The molecule has 3 saturated heterocycles. The van der Waals surface area contributed by atoms with Gasteiger partial charge in [0.2, 0.25) is 0 Å². The Balaban J connectivity index is 1.19. The van der Waals surface area contributed by atoms with Crippen LogP contribution in [0, 0.1) is 29.4 Å². The summed E-state index contributed by atoms with van der Waals surface area (Å²) in [7, 11) is 0. The van der Waals surface area contributed by atoms with E-state index in [-0.39, 0.29) is 82.8 Å². The first-order chi connectivity index (χ1) is 25.2. The third-order valence-corrected chi connectivity index (χ3v) is 10.8. The van der Waals surface area contributed by atoms with E-state index in [2.05, 4.69) is 15.9 Å². The van der Waals surface area contributed by atoms with Gasteiger partial charge in [0, 0.05) is 55.3 Å². The Labute approximate surface area is 304 Å². The van der Waals surface area contributed by atoms with Crippen molar-refractivity contribution in [3.63, 3.8) is 0 Å². The second kappa shape index (κ2) is 12.9. The number of rotatable bonds is 7. The molecule has 0 spiro atoms. The number of aliphatic hydroxyl groups is 1. The molecule has 4 fully saturated rings. The van der Waals surface area contributed by atoms with Gasteiger partial charge in [-0.1, -0.05) is 12.0 Å². The number of anilines is 1. The van der Waals surface area contributed by atoms with Gasteiger partial charge in [0.1, 0.15) is 40.4 Å². The second-order valence-corrected chi connectivity index (χ2v) is 15.9. The van der Waals surface area contributed by atoms with E-state index in [0.29, 0.717) is 36.2 Å². The summed E-state index contributed by atoms with van der Waals surface area (Å²) in [5.74, 6) is 1.04. The standard InChI is InChI=1S/C39H41F3N6O5/c1-5-25-28(40)9-6-21-12-24(49)13-26(31(21)25)33-32(42)34-27(14-43-33)35(47-15-22-7-8-23(16-47)48(22)37(51)53-38(2,3)4)45-36(44-34)52-20-39(10-11-39)19-46-17-29(41)30(50)18-46/h1,6,9,12-14,22-23,29-30,49-50H,7-8,10-11,15-20H2,2-4H3. The summed E-state index contributed by atoms with van der Waals surface area (Å²) < 4.78 is 58.0. The third-order valence-electron chi connectivity index (χ3n) is 10.8. The lowest BCUT2D eigenvalue weighted by Crippen LogP contribution is -2.57. The zero-order chi connectivity index (χ0) is 37.4. The number of pyridine rings is 1. The van der Waals surface area contributed by atoms with E-state index in [0.717, 1.165) is 25.7 Å². The summed E-state index contributed by atoms with van der Waals surface area (Å²) in [5.41, 5.74) is -1.24. The maximum absolute atomic E-state index is 17.0. The van der Waals surface area contributed by atoms with Gasteiger partial charge >= 0.3 is 12.1 Å². The van der Waals surface area contributed by atoms with Crippen molar-refractivity contribution < 1.29 is 37.7 Å². The summed E-state index contributed by atoms with van der Waals surface area (Å²) in [6.07, 6.45) is 7.63. The number of nitrogens with zero attached hydrogens (tertiary/aromatic N) is 6. The van der Waals surface area contributed by atoms with Gasteiger partial charge < -0.3 is 24.6 Å². The van der Waals surface area contributed by atoms with Crippen LogP contribution >= 0.6 is 0 Å². The van der Waals surface area contributed by atoms with E-state index in [9.17, 15) is 23.8 Å². The van der Waals surface area contributed by atoms with Crippen molar-refractivity contribution in [1.29, 1.82) is 0 Å². The number of halogens is 3. The van der Waals surface area contributed by atoms with Crippen LogP contribution in [0.5, 0.6) is 11.8 Å². The van der Waals surface area contributed by atoms with Crippen molar-refractivity contribution in [3.8, 4) is 35.4 Å². The number of piperazine rings is 1. The number of amides is 1. The zero-order valence-electron chi connectivity index (χ0n) is 29.8. The second-order valence-electron chi connectivity index (χ2n) is 15.9. The molecular formula is C39H41F3N6O5. The molecular weight excluding hydrogens is 689 g/mol. The molecule has 14 heteroatoms. The molecule has 1 saturated carbocycles. The number of benzene rings is 2. The number of hydrogen-bond donors (Lipinski definition) is 2. The first kappa shape index (κ1) is 35.2. The summed E-state index contributed by atoms with van der Waals surface area (Å²) in [6, 6.07) is 4.94. The fourth-order valence-electron chi connectivity index (χ4n) is 8.12. The first-order valence-electron chi connectivity index (χ1n) is 17.9. The largest absolute Gasteiger partial charge is 0.508 e. The highest BCUT2D eigenvalue weighted by molar-refractivity contribution is 6.03. The number of likely N-dealkylation sites (tertiary alicyclic amines) is 1. The molecule has 4 aliphatic rings. The van der Waals surface area contributed by atoms with Gasteiger partial charge in [0.15, 0.2) is 5.82 Å². The van der Waals surface area contributed by atoms with Gasteiger partial charge in [-0.05, 0) is 70.0 Å². The van der Waals surface area contributed by atoms with E-state index >= 15 is 4.39 Å². The maximum Gasteiger partial charge on any atom is 0.410 e. The molecule has 2 aromatic heterocycles. The highest BCUT2D eigenvalue weighted by atomic mass is 19.1. The number of ether oxygens (including phenoxy) is 2. The normalized spacial score (nSPS) is 23.8. The monoisotopic (exact) mass is 730 g/mol. The lowest BCUT2D eigenvalue weighted by molar-refractivity contribution is 0.0122. The van der Waals surface area contributed by atoms with Crippen LogP contribution in [0.1, 0.15) is 52.0 Å². The molecule has 3 aliphatic heterocycles. The average molecular weight is 731 g/mol. The summed E-state index contributed by atoms with van der Waals surface area (Å²) in [6.45, 7) is 7.40. The maximum atomic E-state index is 17.0. The molecule has 0 radical (unpaired) electrons. The lowest BCUT2D eigenvalue weighted by atomic mass is 9.96. The van der Waals surface area contributed by atoms with E-state index in [1.54, 1.807) is 4.90 Å². The minimum absolute atomic E-state index is 0.0716. The van der Waals surface area contributed by atoms with Crippen LogP contribution in [0.15, 0.2) is 30.5 Å². The van der Waals surface area contributed by atoms with Gasteiger partial charge in [0.05, 0.1) is 35.7 Å². The van der Waals surface area contributed by atoms with Gasteiger partial charge in [-0.3, -0.25) is 14.8 Å². The number of aliphatic hydroxyl groups excluding tert-OH is 1. The zero-order valence-corrected chi connectivity index (χ0v) is 29.8. The Morgan fingerprint density at radius 2 is 1.83 bits per heavy atom. The highest BCUT2D eigenvalue weighted by Crippen LogP contribution is 2.47. The van der Waals surface area contributed by atoms with E-state index in [4.69, 9.17) is 20.9 Å². The topological polar surface area (TPSA) is 124 Å². The van der Waals surface area contributed by atoms with E-state index < -0.39 is 29.5 Å². The number of fused-ring (bicyclic) bond motifs is 4. The Bertz CT molecular complexity index is 2140. The molecule has 8 rings (SSSR count). The number of phenols is 1. The number of carbonyl (C=O) groups is 1. The first-order valence-corrected chi connectivity index (χ1v) is 17.9. The van der Waals surface area contributed by atoms with E-state index in [1.165, 1.54) is 30.5 Å². The summed E-state index contributed by atoms with van der Waals surface area (Å²) in [5, 5.41) is 21.5. The Morgan fingerprint density at radius 3 is 2.47 bits per heavy atom. The molecule has 1 aliphatic carbocycles. The van der Waals surface area contributed by atoms with E-state index in [1.807, 2.05) is 30.6 Å². The minimum Gasteiger partial charge on any atom is -0.508 e. The van der Waals surface area contributed by atoms with Crippen molar-refractivity contribution in [3.05, 3.63) is 47.7 Å². The third kappa shape index (κ3) is 6.54. The van der Waals surface area contributed by atoms with Gasteiger partial charge in [-0.2, -0.15) is 9.97 Å². The van der Waals surface area contributed by atoms with Crippen molar-refractivity contribution >= 4 is 33.6 Å². The minimum atomic E-state index is -1.30. The molecule has 2 aromatic carbocycles. The smallest absolute Gasteiger partial charge is 0.410 e. The predicted octanol–water partition coefficient (Wildman–Crippen LogP) is 5.57. The Morgan fingerprint density at radius 1 is 1.09 bits per heavy atom. The Kier molecular flexibility index (Phi) is 8.57. The molecule has 2 N–H and O–H groups in total. The lowest BCUT2D eigenvalue weighted by Gasteiger charge is -2.42. The SMILES string of the molecule is C#Cc1c(F)ccc2cc(O)cc(-c3ncc4c(N5CC6CCC(C5)N6C(=O)OC(C)(C)C)nc(OCC5(CN6CC(O)C(F)C6)CC5)nc4c3F)c12. The fraction of sp³-hybridized carbons (Fsp3) is 0.487. The summed E-state index contributed by atoms with van der Waals surface area (Å²) >= 11 is 0. The molecule has 53 heavy (non-hydrogen) atoms. The molecule has 11 nitrogen and oxygen atoms in total. The van der Waals surface area contributed by atoms with Crippen LogP contribution in [0.3, 0.4) is 0 Å².